The van der Waals surface area contributed by atoms with Crippen LogP contribution in [0.15, 0.2) is 24.3 Å². The van der Waals surface area contributed by atoms with Crippen molar-refractivity contribution < 1.29 is 5.11 Å². The van der Waals surface area contributed by atoms with Gasteiger partial charge >= 0.3 is 0 Å². The zero-order valence-electron chi connectivity index (χ0n) is 7.90. The van der Waals surface area contributed by atoms with Gasteiger partial charge in [-0.3, -0.25) is 4.90 Å². The number of rotatable bonds is 2. The van der Waals surface area contributed by atoms with Gasteiger partial charge in [0.05, 0.1) is 6.10 Å². The van der Waals surface area contributed by atoms with Crippen LogP contribution in [0.2, 0.25) is 0 Å². The van der Waals surface area contributed by atoms with Crippen LogP contribution in [0.5, 0.6) is 0 Å². The highest BCUT2D eigenvalue weighted by molar-refractivity contribution is 5.30. The van der Waals surface area contributed by atoms with Crippen LogP contribution in [0.25, 0.3) is 0 Å². The highest BCUT2D eigenvalue weighted by Crippen LogP contribution is 2.21. The molecule has 0 radical (unpaired) electrons. The second-order valence-corrected chi connectivity index (χ2v) is 3.79. The van der Waals surface area contributed by atoms with E-state index in [0.29, 0.717) is 0 Å². The summed E-state index contributed by atoms with van der Waals surface area (Å²) in [6, 6.07) is 8.48. The van der Waals surface area contributed by atoms with Gasteiger partial charge in [-0.1, -0.05) is 24.3 Å². The number of nitrogens with zero attached hydrogens (tertiary/aromatic N) is 1. The summed E-state index contributed by atoms with van der Waals surface area (Å²) in [6.45, 7) is 4.58. The van der Waals surface area contributed by atoms with Gasteiger partial charge in [-0.05, 0) is 18.1 Å². The molecule has 0 aromatic heterocycles. The monoisotopic (exact) mass is 177 g/mol. The van der Waals surface area contributed by atoms with Crippen molar-refractivity contribution in [2.45, 2.75) is 26.1 Å². The molecule has 13 heavy (non-hydrogen) atoms. The van der Waals surface area contributed by atoms with Crippen molar-refractivity contribution in [3.05, 3.63) is 35.4 Å². The minimum Gasteiger partial charge on any atom is -0.392 e. The Hall–Kier alpha value is -0.860. The van der Waals surface area contributed by atoms with E-state index >= 15 is 0 Å². The standard InChI is InChI=1S/C11H15NO/c1-9(13)6-12-7-10-4-2-3-5-11(10)8-12/h2-5,9,13H,6-8H2,1H3. The molecule has 1 aliphatic rings. The van der Waals surface area contributed by atoms with E-state index in [9.17, 15) is 5.11 Å². The van der Waals surface area contributed by atoms with E-state index in [-0.39, 0.29) is 6.10 Å². The molecule has 0 saturated carbocycles. The molecule has 70 valence electrons. The summed E-state index contributed by atoms with van der Waals surface area (Å²) in [4.78, 5) is 2.27. The molecule has 2 heteroatoms. The molecule has 2 nitrogen and oxygen atoms in total. The molecular formula is C11H15NO. The van der Waals surface area contributed by atoms with E-state index < -0.39 is 0 Å². The minimum absolute atomic E-state index is 0.227. The van der Waals surface area contributed by atoms with Gasteiger partial charge in [0.1, 0.15) is 0 Å². The fraction of sp³-hybridized carbons (Fsp3) is 0.455. The van der Waals surface area contributed by atoms with Crippen molar-refractivity contribution in [1.29, 1.82) is 0 Å². The molecule has 1 heterocycles. The fourth-order valence-corrected chi connectivity index (χ4v) is 1.91. The first-order chi connectivity index (χ1) is 6.25. The third kappa shape index (κ3) is 1.90. The van der Waals surface area contributed by atoms with Gasteiger partial charge in [-0.2, -0.15) is 0 Å². The number of benzene rings is 1. The Morgan fingerprint density at radius 2 is 1.85 bits per heavy atom. The molecule has 0 bridgehead atoms. The van der Waals surface area contributed by atoms with E-state index in [4.69, 9.17) is 0 Å². The predicted octanol–water partition coefficient (Wildman–Crippen LogP) is 1.38. The molecule has 1 aliphatic heterocycles. The van der Waals surface area contributed by atoms with Crippen molar-refractivity contribution in [2.75, 3.05) is 6.54 Å². The van der Waals surface area contributed by atoms with Gasteiger partial charge in [0.25, 0.3) is 0 Å². The van der Waals surface area contributed by atoms with E-state index in [1.165, 1.54) is 11.1 Å². The Balaban J connectivity index is 2.05. The maximum absolute atomic E-state index is 9.25. The number of β-amino-alcohol motifs (C(OH)–C–C–N with tert-alkyl or cyclic N) is 1. The molecule has 0 fully saturated rings. The SMILES string of the molecule is CC(O)CN1Cc2ccccc2C1. The lowest BCUT2D eigenvalue weighted by Crippen LogP contribution is -2.25. The first-order valence-electron chi connectivity index (χ1n) is 4.73. The van der Waals surface area contributed by atoms with Crippen molar-refractivity contribution in [3.8, 4) is 0 Å². The number of aliphatic hydroxyl groups is 1. The first-order valence-corrected chi connectivity index (χ1v) is 4.73. The molecule has 0 amide bonds. The fourth-order valence-electron chi connectivity index (χ4n) is 1.91. The zero-order chi connectivity index (χ0) is 9.26. The number of fused-ring (bicyclic) bond motifs is 1. The summed E-state index contributed by atoms with van der Waals surface area (Å²) in [5.41, 5.74) is 2.81. The molecular weight excluding hydrogens is 162 g/mol. The van der Waals surface area contributed by atoms with Crippen LogP contribution in [-0.2, 0) is 13.1 Å². The quantitative estimate of drug-likeness (QED) is 0.737. The van der Waals surface area contributed by atoms with E-state index in [1.54, 1.807) is 0 Å². The van der Waals surface area contributed by atoms with E-state index in [0.717, 1.165) is 19.6 Å². The van der Waals surface area contributed by atoms with Crippen LogP contribution in [-0.4, -0.2) is 22.7 Å². The number of hydrogen-bond acceptors (Lipinski definition) is 2. The Labute approximate surface area is 78.8 Å². The van der Waals surface area contributed by atoms with Gasteiger partial charge < -0.3 is 5.11 Å². The second-order valence-electron chi connectivity index (χ2n) is 3.79. The average Bonchev–Trinajstić information content (AvgIpc) is 2.44. The van der Waals surface area contributed by atoms with Gasteiger partial charge in [-0.25, -0.2) is 0 Å². The van der Waals surface area contributed by atoms with Crippen LogP contribution >= 0.6 is 0 Å². The molecule has 1 unspecified atom stereocenters. The third-order valence-electron chi connectivity index (χ3n) is 2.43. The maximum Gasteiger partial charge on any atom is 0.0639 e. The smallest absolute Gasteiger partial charge is 0.0639 e. The molecule has 0 aliphatic carbocycles. The highest BCUT2D eigenvalue weighted by atomic mass is 16.3. The minimum atomic E-state index is -0.227. The topological polar surface area (TPSA) is 23.5 Å². The van der Waals surface area contributed by atoms with Crippen LogP contribution in [0.1, 0.15) is 18.1 Å². The lowest BCUT2D eigenvalue weighted by molar-refractivity contribution is 0.126. The van der Waals surface area contributed by atoms with Gasteiger partial charge in [0.15, 0.2) is 0 Å². The highest BCUT2D eigenvalue weighted by Gasteiger charge is 2.18. The molecule has 0 spiro atoms. The summed E-state index contributed by atoms with van der Waals surface area (Å²) >= 11 is 0. The van der Waals surface area contributed by atoms with Crippen molar-refractivity contribution >= 4 is 0 Å². The molecule has 1 atom stereocenters. The molecule has 2 rings (SSSR count). The molecule has 1 N–H and O–H groups in total. The van der Waals surface area contributed by atoms with Gasteiger partial charge in [0.2, 0.25) is 0 Å². The van der Waals surface area contributed by atoms with Gasteiger partial charge in [-0.15, -0.1) is 0 Å². The van der Waals surface area contributed by atoms with Crippen LogP contribution in [0.4, 0.5) is 0 Å². The summed E-state index contributed by atoms with van der Waals surface area (Å²) < 4.78 is 0. The van der Waals surface area contributed by atoms with Gasteiger partial charge in [0, 0.05) is 19.6 Å². The number of hydrogen-bond donors (Lipinski definition) is 1. The van der Waals surface area contributed by atoms with Crippen molar-refractivity contribution in [1.82, 2.24) is 4.90 Å². The Bertz CT molecular complexity index is 271. The van der Waals surface area contributed by atoms with Crippen molar-refractivity contribution in [2.24, 2.45) is 0 Å². The molecule has 0 saturated heterocycles. The Morgan fingerprint density at radius 1 is 1.31 bits per heavy atom. The van der Waals surface area contributed by atoms with Crippen LogP contribution < -0.4 is 0 Å². The zero-order valence-corrected chi connectivity index (χ0v) is 7.90. The number of aliphatic hydroxyl groups excluding tert-OH is 1. The third-order valence-corrected chi connectivity index (χ3v) is 2.43. The Morgan fingerprint density at radius 3 is 2.31 bits per heavy atom. The molecule has 1 aromatic carbocycles. The predicted molar refractivity (Wildman–Crippen MR) is 52.2 cm³/mol. The van der Waals surface area contributed by atoms with E-state index in [1.807, 2.05) is 6.92 Å². The largest absolute Gasteiger partial charge is 0.392 e. The van der Waals surface area contributed by atoms with Crippen LogP contribution in [0, 0.1) is 0 Å². The molecule has 1 aromatic rings. The second kappa shape index (κ2) is 3.48. The summed E-state index contributed by atoms with van der Waals surface area (Å²) in [5.74, 6) is 0. The lowest BCUT2D eigenvalue weighted by atomic mass is 10.1. The lowest BCUT2D eigenvalue weighted by Gasteiger charge is -2.16. The summed E-state index contributed by atoms with van der Waals surface area (Å²) in [5, 5.41) is 9.25. The Kier molecular flexibility index (Phi) is 2.34. The van der Waals surface area contributed by atoms with Crippen LogP contribution in [0.3, 0.4) is 0 Å². The first kappa shape index (κ1) is 8.73. The summed E-state index contributed by atoms with van der Waals surface area (Å²) in [6.07, 6.45) is -0.227. The van der Waals surface area contributed by atoms with E-state index in [2.05, 4.69) is 29.2 Å². The summed E-state index contributed by atoms with van der Waals surface area (Å²) in [7, 11) is 0. The maximum atomic E-state index is 9.25. The normalized spacial score (nSPS) is 18.6. The average molecular weight is 177 g/mol. The van der Waals surface area contributed by atoms with Crippen molar-refractivity contribution in [3.63, 3.8) is 0 Å².